The second-order valence-electron chi connectivity index (χ2n) is 3.85. The number of nitrogens with one attached hydrogen (secondary N) is 1. The monoisotopic (exact) mass is 191 g/mol. The minimum Gasteiger partial charge on any atom is -0.478 e. The molecule has 74 valence electrons. The standard InChI is InChI=1S/C11H13NO2/c1-7-6-10(7)12-9-4-2-8(3-5-9)11(13)14/h2-5,7,10,12H,6H2,1H3,(H,13,14). The molecule has 2 N–H and O–H groups in total. The molecule has 0 spiro atoms. The molecule has 2 atom stereocenters. The van der Waals surface area contributed by atoms with E-state index in [2.05, 4.69) is 12.2 Å². The molecule has 14 heavy (non-hydrogen) atoms. The van der Waals surface area contributed by atoms with Crippen molar-refractivity contribution in [2.24, 2.45) is 5.92 Å². The maximum absolute atomic E-state index is 10.6. The van der Waals surface area contributed by atoms with Gasteiger partial charge in [0, 0.05) is 11.7 Å². The molecule has 2 unspecified atom stereocenters. The number of aromatic carboxylic acids is 1. The van der Waals surface area contributed by atoms with Crippen molar-refractivity contribution < 1.29 is 9.90 Å². The molecule has 0 aliphatic heterocycles. The van der Waals surface area contributed by atoms with Gasteiger partial charge in [0.15, 0.2) is 0 Å². The van der Waals surface area contributed by atoms with E-state index in [9.17, 15) is 4.79 Å². The van der Waals surface area contributed by atoms with Crippen LogP contribution in [-0.2, 0) is 0 Å². The van der Waals surface area contributed by atoms with Crippen molar-refractivity contribution in [1.29, 1.82) is 0 Å². The number of benzene rings is 1. The van der Waals surface area contributed by atoms with Crippen molar-refractivity contribution in [2.75, 3.05) is 5.32 Å². The summed E-state index contributed by atoms with van der Waals surface area (Å²) < 4.78 is 0. The number of hydrogen-bond donors (Lipinski definition) is 2. The maximum atomic E-state index is 10.6. The first-order valence-electron chi connectivity index (χ1n) is 4.76. The molecule has 1 aromatic rings. The van der Waals surface area contributed by atoms with Crippen LogP contribution in [-0.4, -0.2) is 17.1 Å². The predicted molar refractivity (Wildman–Crippen MR) is 54.6 cm³/mol. The number of carboxylic acids is 1. The Balaban J connectivity index is 2.02. The number of hydrogen-bond acceptors (Lipinski definition) is 2. The second kappa shape index (κ2) is 3.33. The van der Waals surface area contributed by atoms with E-state index in [0.29, 0.717) is 11.6 Å². The van der Waals surface area contributed by atoms with Crippen LogP contribution >= 0.6 is 0 Å². The van der Waals surface area contributed by atoms with E-state index in [-0.39, 0.29) is 0 Å². The Bertz CT molecular complexity index is 345. The fourth-order valence-electron chi connectivity index (χ4n) is 1.45. The lowest BCUT2D eigenvalue weighted by atomic mass is 10.2. The van der Waals surface area contributed by atoms with Crippen molar-refractivity contribution in [1.82, 2.24) is 0 Å². The Morgan fingerprint density at radius 3 is 2.43 bits per heavy atom. The highest BCUT2D eigenvalue weighted by atomic mass is 16.4. The van der Waals surface area contributed by atoms with E-state index in [4.69, 9.17) is 5.11 Å². The summed E-state index contributed by atoms with van der Waals surface area (Å²) in [6.07, 6.45) is 1.21. The second-order valence-corrected chi connectivity index (χ2v) is 3.85. The van der Waals surface area contributed by atoms with Gasteiger partial charge in [-0.2, -0.15) is 0 Å². The number of carbonyl (C=O) groups is 1. The van der Waals surface area contributed by atoms with Crippen LogP contribution in [0.3, 0.4) is 0 Å². The van der Waals surface area contributed by atoms with Crippen LogP contribution in [0.5, 0.6) is 0 Å². The van der Waals surface area contributed by atoms with E-state index in [1.54, 1.807) is 12.1 Å². The van der Waals surface area contributed by atoms with Gasteiger partial charge in [0.25, 0.3) is 0 Å². The first kappa shape index (κ1) is 9.06. The summed E-state index contributed by atoms with van der Waals surface area (Å²) in [7, 11) is 0. The van der Waals surface area contributed by atoms with Gasteiger partial charge in [-0.15, -0.1) is 0 Å². The number of rotatable bonds is 3. The molecular formula is C11H13NO2. The Kier molecular flexibility index (Phi) is 2.15. The topological polar surface area (TPSA) is 49.3 Å². The summed E-state index contributed by atoms with van der Waals surface area (Å²) in [5, 5.41) is 12.0. The van der Waals surface area contributed by atoms with Gasteiger partial charge in [-0.25, -0.2) is 4.79 Å². The largest absolute Gasteiger partial charge is 0.478 e. The van der Waals surface area contributed by atoms with Crippen molar-refractivity contribution >= 4 is 11.7 Å². The van der Waals surface area contributed by atoms with Crippen LogP contribution in [0.2, 0.25) is 0 Å². The molecule has 0 heterocycles. The van der Waals surface area contributed by atoms with E-state index in [1.165, 1.54) is 6.42 Å². The zero-order chi connectivity index (χ0) is 10.1. The fraction of sp³-hybridized carbons (Fsp3) is 0.364. The van der Waals surface area contributed by atoms with E-state index in [1.807, 2.05) is 12.1 Å². The molecule has 2 rings (SSSR count). The third kappa shape index (κ3) is 1.87. The molecule has 3 nitrogen and oxygen atoms in total. The van der Waals surface area contributed by atoms with Crippen LogP contribution in [0.15, 0.2) is 24.3 Å². The lowest BCUT2D eigenvalue weighted by molar-refractivity contribution is 0.0697. The Morgan fingerprint density at radius 1 is 1.43 bits per heavy atom. The van der Waals surface area contributed by atoms with Crippen molar-refractivity contribution in [3.05, 3.63) is 29.8 Å². The normalized spacial score (nSPS) is 24.4. The molecule has 1 aliphatic carbocycles. The van der Waals surface area contributed by atoms with Crippen LogP contribution in [0.4, 0.5) is 5.69 Å². The van der Waals surface area contributed by atoms with E-state index >= 15 is 0 Å². The maximum Gasteiger partial charge on any atom is 0.335 e. The molecule has 0 amide bonds. The van der Waals surface area contributed by atoms with Crippen molar-refractivity contribution in [3.8, 4) is 0 Å². The van der Waals surface area contributed by atoms with Gasteiger partial charge in [0.2, 0.25) is 0 Å². The van der Waals surface area contributed by atoms with E-state index < -0.39 is 5.97 Å². The smallest absolute Gasteiger partial charge is 0.335 e. The zero-order valence-corrected chi connectivity index (χ0v) is 8.03. The van der Waals surface area contributed by atoms with Gasteiger partial charge in [-0.3, -0.25) is 0 Å². The molecule has 1 saturated carbocycles. The number of carboxylic acid groups (broad SMARTS) is 1. The summed E-state index contributed by atoms with van der Waals surface area (Å²) in [4.78, 5) is 10.6. The summed E-state index contributed by atoms with van der Waals surface area (Å²) in [5.74, 6) is -0.134. The van der Waals surface area contributed by atoms with Gasteiger partial charge >= 0.3 is 5.97 Å². The molecular weight excluding hydrogens is 178 g/mol. The van der Waals surface area contributed by atoms with Crippen LogP contribution in [0.25, 0.3) is 0 Å². The summed E-state index contributed by atoms with van der Waals surface area (Å²) in [5.41, 5.74) is 1.34. The molecule has 3 heteroatoms. The molecule has 1 aromatic carbocycles. The van der Waals surface area contributed by atoms with Crippen LogP contribution in [0, 0.1) is 5.92 Å². The summed E-state index contributed by atoms with van der Waals surface area (Å²) in [6, 6.07) is 7.45. The minimum absolute atomic E-state index is 0.333. The van der Waals surface area contributed by atoms with Gasteiger partial charge in [0.05, 0.1) is 5.56 Å². The summed E-state index contributed by atoms with van der Waals surface area (Å²) >= 11 is 0. The van der Waals surface area contributed by atoms with Gasteiger partial charge in [0.1, 0.15) is 0 Å². The highest BCUT2D eigenvalue weighted by Crippen LogP contribution is 2.32. The van der Waals surface area contributed by atoms with Crippen LogP contribution < -0.4 is 5.32 Å². The zero-order valence-electron chi connectivity index (χ0n) is 8.03. The van der Waals surface area contributed by atoms with Gasteiger partial charge < -0.3 is 10.4 Å². The molecule has 0 aromatic heterocycles. The highest BCUT2D eigenvalue weighted by Gasteiger charge is 2.32. The molecule has 0 radical (unpaired) electrons. The quantitative estimate of drug-likeness (QED) is 0.770. The Hall–Kier alpha value is -1.51. The van der Waals surface area contributed by atoms with Gasteiger partial charge in [-0.05, 0) is 36.6 Å². The average Bonchev–Trinajstić information content (AvgIpc) is 2.82. The first-order chi connectivity index (χ1) is 6.66. The van der Waals surface area contributed by atoms with Crippen LogP contribution in [0.1, 0.15) is 23.7 Å². The van der Waals surface area contributed by atoms with Crippen molar-refractivity contribution in [2.45, 2.75) is 19.4 Å². The molecule has 1 aliphatic rings. The number of anilines is 1. The lowest BCUT2D eigenvalue weighted by Gasteiger charge is -2.04. The summed E-state index contributed by atoms with van der Waals surface area (Å²) in [6.45, 7) is 2.20. The average molecular weight is 191 g/mol. The van der Waals surface area contributed by atoms with E-state index in [0.717, 1.165) is 11.6 Å². The predicted octanol–water partition coefficient (Wildman–Crippen LogP) is 2.21. The SMILES string of the molecule is CC1CC1Nc1ccc(C(=O)O)cc1. The fourth-order valence-corrected chi connectivity index (χ4v) is 1.45. The lowest BCUT2D eigenvalue weighted by Crippen LogP contribution is -2.03. The minimum atomic E-state index is -0.878. The Labute approximate surface area is 82.8 Å². The third-order valence-corrected chi connectivity index (χ3v) is 2.59. The molecule has 0 bridgehead atoms. The Morgan fingerprint density at radius 2 is 2.00 bits per heavy atom. The molecule has 0 saturated heterocycles. The van der Waals surface area contributed by atoms with Crippen molar-refractivity contribution in [3.63, 3.8) is 0 Å². The molecule has 1 fully saturated rings. The first-order valence-corrected chi connectivity index (χ1v) is 4.76. The highest BCUT2D eigenvalue weighted by molar-refractivity contribution is 5.88. The third-order valence-electron chi connectivity index (χ3n) is 2.59. The van der Waals surface area contributed by atoms with Gasteiger partial charge in [-0.1, -0.05) is 6.92 Å².